The van der Waals surface area contributed by atoms with Gasteiger partial charge in [0.2, 0.25) is 0 Å². The van der Waals surface area contributed by atoms with Gasteiger partial charge in [-0.25, -0.2) is 9.78 Å². The SMILES string of the molecule is CC(C)(C)OC(=O)O.CC=Cc1ccc2ccccc2n1. The number of para-hydroxylation sites is 1. The molecule has 0 aliphatic carbocycles. The molecule has 0 bridgehead atoms. The molecule has 2 aromatic rings. The number of benzene rings is 1. The van der Waals surface area contributed by atoms with Crippen LogP contribution in [0.2, 0.25) is 0 Å². The fourth-order valence-electron chi connectivity index (χ4n) is 1.61. The lowest BCUT2D eigenvalue weighted by Gasteiger charge is -2.15. The Hall–Kier alpha value is -2.36. The van der Waals surface area contributed by atoms with Gasteiger partial charge in [-0.2, -0.15) is 0 Å². The molecule has 0 amide bonds. The lowest BCUT2D eigenvalue weighted by Crippen LogP contribution is -2.22. The van der Waals surface area contributed by atoms with Gasteiger partial charge in [0.25, 0.3) is 0 Å². The normalized spacial score (nSPS) is 11.0. The van der Waals surface area contributed by atoms with Crippen LogP contribution in [0.25, 0.3) is 17.0 Å². The first kappa shape index (κ1) is 16.7. The molecule has 0 saturated heterocycles. The first-order valence-electron chi connectivity index (χ1n) is 6.72. The van der Waals surface area contributed by atoms with E-state index in [9.17, 15) is 4.79 Å². The molecular weight excluding hydrogens is 266 g/mol. The van der Waals surface area contributed by atoms with Crippen molar-refractivity contribution < 1.29 is 14.6 Å². The number of hydrogen-bond acceptors (Lipinski definition) is 3. The second kappa shape index (κ2) is 7.43. The molecule has 0 fully saturated rings. The van der Waals surface area contributed by atoms with Gasteiger partial charge in [0.05, 0.1) is 11.2 Å². The summed E-state index contributed by atoms with van der Waals surface area (Å²) in [5.74, 6) is 0. The fourth-order valence-corrected chi connectivity index (χ4v) is 1.61. The number of pyridine rings is 1. The van der Waals surface area contributed by atoms with Gasteiger partial charge in [-0.15, -0.1) is 0 Å². The predicted octanol–water partition coefficient (Wildman–Crippen LogP) is 4.75. The third kappa shape index (κ3) is 6.56. The van der Waals surface area contributed by atoms with Crippen molar-refractivity contribution in [2.45, 2.75) is 33.3 Å². The maximum absolute atomic E-state index is 9.79. The third-order valence-electron chi connectivity index (χ3n) is 2.35. The predicted molar refractivity (Wildman–Crippen MR) is 85.3 cm³/mol. The van der Waals surface area contributed by atoms with Gasteiger partial charge in [-0.3, -0.25) is 0 Å². The van der Waals surface area contributed by atoms with E-state index < -0.39 is 11.8 Å². The van der Waals surface area contributed by atoms with Gasteiger partial charge >= 0.3 is 6.16 Å². The molecule has 0 atom stereocenters. The number of nitrogens with zero attached hydrogens (tertiary/aromatic N) is 1. The highest BCUT2D eigenvalue weighted by Crippen LogP contribution is 2.12. The van der Waals surface area contributed by atoms with Gasteiger partial charge in [0.1, 0.15) is 5.60 Å². The van der Waals surface area contributed by atoms with Crippen molar-refractivity contribution in [3.8, 4) is 0 Å². The van der Waals surface area contributed by atoms with Crippen LogP contribution in [0.4, 0.5) is 4.79 Å². The van der Waals surface area contributed by atoms with Crippen LogP contribution in [-0.2, 0) is 4.74 Å². The quantitative estimate of drug-likeness (QED) is 0.769. The Bertz CT molecular complexity index is 627. The molecule has 1 N–H and O–H groups in total. The van der Waals surface area contributed by atoms with E-state index in [0.29, 0.717) is 0 Å². The Morgan fingerprint density at radius 3 is 2.38 bits per heavy atom. The number of carboxylic acid groups (broad SMARTS) is 1. The van der Waals surface area contributed by atoms with E-state index in [0.717, 1.165) is 11.2 Å². The number of fused-ring (bicyclic) bond motifs is 1. The molecule has 0 aliphatic rings. The smallest absolute Gasteiger partial charge is 0.450 e. The van der Waals surface area contributed by atoms with Crippen molar-refractivity contribution >= 4 is 23.1 Å². The summed E-state index contributed by atoms with van der Waals surface area (Å²) in [6, 6.07) is 12.3. The summed E-state index contributed by atoms with van der Waals surface area (Å²) in [4.78, 5) is 14.3. The summed E-state index contributed by atoms with van der Waals surface area (Å²) < 4.78 is 4.35. The van der Waals surface area contributed by atoms with Gasteiger partial charge in [0, 0.05) is 5.39 Å². The molecule has 0 radical (unpaired) electrons. The van der Waals surface area contributed by atoms with E-state index in [-0.39, 0.29) is 0 Å². The van der Waals surface area contributed by atoms with Crippen LogP contribution in [0.1, 0.15) is 33.4 Å². The molecule has 0 unspecified atom stereocenters. The molecule has 4 nitrogen and oxygen atoms in total. The van der Waals surface area contributed by atoms with Crippen molar-refractivity contribution in [3.05, 3.63) is 48.2 Å². The van der Waals surface area contributed by atoms with Gasteiger partial charge in [-0.05, 0) is 45.9 Å². The minimum absolute atomic E-state index is 0.578. The number of aromatic nitrogens is 1. The van der Waals surface area contributed by atoms with E-state index in [2.05, 4.69) is 21.9 Å². The fraction of sp³-hybridized carbons (Fsp3) is 0.294. The summed E-state index contributed by atoms with van der Waals surface area (Å²) in [5, 5.41) is 9.22. The van der Waals surface area contributed by atoms with Gasteiger partial charge in [0.15, 0.2) is 0 Å². The molecule has 1 aromatic carbocycles. The van der Waals surface area contributed by atoms with Crippen LogP contribution in [0.5, 0.6) is 0 Å². The highest BCUT2D eigenvalue weighted by Gasteiger charge is 2.13. The van der Waals surface area contributed by atoms with Crippen molar-refractivity contribution in [2.24, 2.45) is 0 Å². The molecule has 0 aliphatic heterocycles. The molecule has 112 valence electrons. The summed E-state index contributed by atoms with van der Waals surface area (Å²) in [6.07, 6.45) is 2.78. The number of rotatable bonds is 1. The average Bonchev–Trinajstić information content (AvgIpc) is 2.37. The molecule has 1 aromatic heterocycles. The Morgan fingerprint density at radius 2 is 1.86 bits per heavy atom. The molecule has 21 heavy (non-hydrogen) atoms. The van der Waals surface area contributed by atoms with Crippen molar-refractivity contribution in [1.82, 2.24) is 4.98 Å². The van der Waals surface area contributed by atoms with Crippen LogP contribution in [-0.4, -0.2) is 21.8 Å². The minimum Gasteiger partial charge on any atom is -0.450 e. The third-order valence-corrected chi connectivity index (χ3v) is 2.35. The number of allylic oxidation sites excluding steroid dienone is 1. The van der Waals surface area contributed by atoms with Crippen LogP contribution < -0.4 is 0 Å². The standard InChI is InChI=1S/C12H11N.C5H10O3/c1-2-5-11-9-8-10-6-3-4-7-12(10)13-11;1-5(2,3)8-4(6)7/h2-9H,1H3;1-3H3,(H,6,7). The average molecular weight is 287 g/mol. The largest absolute Gasteiger partial charge is 0.506 e. The Morgan fingerprint density at radius 1 is 1.19 bits per heavy atom. The van der Waals surface area contributed by atoms with Gasteiger partial charge in [-0.1, -0.05) is 30.3 Å². The summed E-state index contributed by atoms with van der Waals surface area (Å²) in [5.41, 5.74) is 1.49. The van der Waals surface area contributed by atoms with Crippen LogP contribution in [0.15, 0.2) is 42.5 Å². The molecular formula is C17H21NO3. The molecule has 0 spiro atoms. The summed E-state index contributed by atoms with van der Waals surface area (Å²) >= 11 is 0. The van der Waals surface area contributed by atoms with Gasteiger partial charge < -0.3 is 9.84 Å². The minimum atomic E-state index is -1.22. The Kier molecular flexibility index (Phi) is 5.91. The maximum Gasteiger partial charge on any atom is 0.506 e. The van der Waals surface area contributed by atoms with E-state index in [4.69, 9.17) is 5.11 Å². The summed E-state index contributed by atoms with van der Waals surface area (Å²) in [7, 11) is 0. The van der Waals surface area contributed by atoms with Crippen molar-refractivity contribution in [3.63, 3.8) is 0 Å². The van der Waals surface area contributed by atoms with Crippen LogP contribution in [0.3, 0.4) is 0 Å². The zero-order valence-electron chi connectivity index (χ0n) is 12.8. The maximum atomic E-state index is 9.79. The lowest BCUT2D eigenvalue weighted by molar-refractivity contribution is 0.0150. The van der Waals surface area contributed by atoms with E-state index in [1.807, 2.05) is 43.3 Å². The topological polar surface area (TPSA) is 59.4 Å². The lowest BCUT2D eigenvalue weighted by atomic mass is 10.2. The first-order chi connectivity index (χ1) is 9.81. The van der Waals surface area contributed by atoms with E-state index >= 15 is 0 Å². The van der Waals surface area contributed by atoms with Crippen molar-refractivity contribution in [1.29, 1.82) is 0 Å². The summed E-state index contributed by atoms with van der Waals surface area (Å²) in [6.45, 7) is 7.04. The molecule has 0 saturated carbocycles. The van der Waals surface area contributed by atoms with Crippen LogP contribution in [0, 0.1) is 0 Å². The second-order valence-corrected chi connectivity index (χ2v) is 5.41. The number of carbonyl (C=O) groups is 1. The number of hydrogen-bond donors (Lipinski definition) is 1. The zero-order chi connectivity index (χ0) is 15.9. The van der Waals surface area contributed by atoms with E-state index in [1.165, 1.54) is 5.39 Å². The number of ether oxygens (including phenoxy) is 1. The highest BCUT2D eigenvalue weighted by atomic mass is 16.7. The van der Waals surface area contributed by atoms with Crippen molar-refractivity contribution in [2.75, 3.05) is 0 Å². The monoisotopic (exact) mass is 287 g/mol. The Labute approximate surface area is 125 Å². The molecule has 4 heteroatoms. The Balaban J connectivity index is 0.000000240. The first-order valence-corrected chi connectivity index (χ1v) is 6.72. The van der Waals surface area contributed by atoms with E-state index in [1.54, 1.807) is 20.8 Å². The second-order valence-electron chi connectivity index (χ2n) is 5.41. The zero-order valence-corrected chi connectivity index (χ0v) is 12.8. The molecule has 1 heterocycles. The molecule has 2 rings (SSSR count). The van der Waals surface area contributed by atoms with Crippen LogP contribution >= 0.6 is 0 Å². The highest BCUT2D eigenvalue weighted by molar-refractivity contribution is 5.79.